The molecule has 1 N–H and O–H groups in total. The molecule has 0 spiro atoms. The van der Waals surface area contributed by atoms with Crippen LogP contribution in [0.25, 0.3) is 5.69 Å². The standard InChI is InChI=1S/C17H15ClN4O2/c1-24-16-8-13(18)6-7-14(16)17(23)20-9-12-4-2-3-5-15(12)22-11-19-10-21-22/h2-8,10-11H,9H2,1H3,(H,20,23). The van der Waals surface area contributed by atoms with E-state index < -0.39 is 0 Å². The van der Waals surface area contributed by atoms with Crippen LogP contribution in [0.15, 0.2) is 55.1 Å². The molecule has 6 nitrogen and oxygen atoms in total. The van der Waals surface area contributed by atoms with Crippen molar-refractivity contribution in [3.05, 3.63) is 71.3 Å². The summed E-state index contributed by atoms with van der Waals surface area (Å²) in [4.78, 5) is 16.4. The minimum absolute atomic E-state index is 0.239. The van der Waals surface area contributed by atoms with Crippen molar-refractivity contribution in [2.75, 3.05) is 7.11 Å². The highest BCUT2D eigenvalue weighted by atomic mass is 35.5. The largest absolute Gasteiger partial charge is 0.496 e. The van der Waals surface area contributed by atoms with Crippen LogP contribution < -0.4 is 10.1 Å². The zero-order chi connectivity index (χ0) is 16.9. The number of methoxy groups -OCH3 is 1. The molecule has 1 aromatic heterocycles. The summed E-state index contributed by atoms with van der Waals surface area (Å²) in [6, 6.07) is 12.6. The van der Waals surface area contributed by atoms with Crippen LogP contribution in [-0.4, -0.2) is 27.8 Å². The molecule has 1 heterocycles. The predicted octanol–water partition coefficient (Wildman–Crippen LogP) is 2.86. The molecule has 1 amide bonds. The second-order valence-corrected chi connectivity index (χ2v) is 5.43. The van der Waals surface area contributed by atoms with Gasteiger partial charge in [-0.2, -0.15) is 5.10 Å². The van der Waals surface area contributed by atoms with Gasteiger partial charge in [-0.1, -0.05) is 29.8 Å². The molecule has 0 saturated carbocycles. The number of amides is 1. The summed E-state index contributed by atoms with van der Waals surface area (Å²) >= 11 is 5.92. The van der Waals surface area contributed by atoms with E-state index in [4.69, 9.17) is 16.3 Å². The third-order valence-electron chi connectivity index (χ3n) is 3.50. The fraction of sp³-hybridized carbons (Fsp3) is 0.118. The van der Waals surface area contributed by atoms with Crippen LogP contribution in [0, 0.1) is 0 Å². The maximum Gasteiger partial charge on any atom is 0.255 e. The first-order valence-corrected chi connectivity index (χ1v) is 7.61. The summed E-state index contributed by atoms with van der Waals surface area (Å²) in [5, 5.41) is 7.53. The Morgan fingerprint density at radius 3 is 2.88 bits per heavy atom. The van der Waals surface area contributed by atoms with Gasteiger partial charge in [0.2, 0.25) is 0 Å². The molecule has 3 aromatic rings. The number of rotatable bonds is 5. The van der Waals surface area contributed by atoms with Gasteiger partial charge in [0, 0.05) is 11.6 Å². The molecule has 0 bridgehead atoms. The normalized spacial score (nSPS) is 10.4. The third kappa shape index (κ3) is 3.38. The first kappa shape index (κ1) is 16.0. The number of carbonyl (C=O) groups is 1. The minimum atomic E-state index is -0.239. The van der Waals surface area contributed by atoms with E-state index in [9.17, 15) is 4.79 Å². The van der Waals surface area contributed by atoms with Gasteiger partial charge in [-0.15, -0.1) is 0 Å². The Bertz CT molecular complexity index is 850. The van der Waals surface area contributed by atoms with Crippen molar-refractivity contribution in [2.24, 2.45) is 0 Å². The van der Waals surface area contributed by atoms with E-state index in [1.54, 1.807) is 29.2 Å². The molecular formula is C17H15ClN4O2. The van der Waals surface area contributed by atoms with Crippen LogP contribution in [-0.2, 0) is 6.54 Å². The fourth-order valence-electron chi connectivity index (χ4n) is 2.34. The van der Waals surface area contributed by atoms with Gasteiger partial charge < -0.3 is 10.1 Å². The van der Waals surface area contributed by atoms with E-state index in [0.29, 0.717) is 22.9 Å². The zero-order valence-corrected chi connectivity index (χ0v) is 13.7. The summed E-state index contributed by atoms with van der Waals surface area (Å²) in [7, 11) is 1.50. The highest BCUT2D eigenvalue weighted by molar-refractivity contribution is 6.30. The molecule has 122 valence electrons. The SMILES string of the molecule is COc1cc(Cl)ccc1C(=O)NCc1ccccc1-n1cncn1. The zero-order valence-electron chi connectivity index (χ0n) is 12.9. The van der Waals surface area contributed by atoms with Crippen LogP contribution >= 0.6 is 11.6 Å². The van der Waals surface area contributed by atoms with Crippen molar-refractivity contribution in [2.45, 2.75) is 6.54 Å². The summed E-state index contributed by atoms with van der Waals surface area (Å²) in [6.45, 7) is 0.348. The number of ether oxygens (including phenoxy) is 1. The molecule has 7 heteroatoms. The van der Waals surface area contributed by atoms with Crippen molar-refractivity contribution in [1.82, 2.24) is 20.1 Å². The summed E-state index contributed by atoms with van der Waals surface area (Å²) in [6.07, 6.45) is 3.08. The number of nitrogens with one attached hydrogen (secondary N) is 1. The molecular weight excluding hydrogens is 328 g/mol. The van der Waals surface area contributed by atoms with Crippen LogP contribution in [0.4, 0.5) is 0 Å². The van der Waals surface area contributed by atoms with Crippen LogP contribution in [0.3, 0.4) is 0 Å². The van der Waals surface area contributed by atoms with Gasteiger partial charge in [0.05, 0.1) is 18.4 Å². The minimum Gasteiger partial charge on any atom is -0.496 e. The van der Waals surface area contributed by atoms with E-state index in [0.717, 1.165) is 11.3 Å². The van der Waals surface area contributed by atoms with Crippen LogP contribution in [0.5, 0.6) is 5.75 Å². The Kier molecular flexibility index (Phi) is 4.77. The molecule has 24 heavy (non-hydrogen) atoms. The topological polar surface area (TPSA) is 69.0 Å². The molecule has 2 aromatic carbocycles. The number of halogens is 1. The van der Waals surface area contributed by atoms with Gasteiger partial charge in [-0.25, -0.2) is 9.67 Å². The highest BCUT2D eigenvalue weighted by Crippen LogP contribution is 2.23. The second kappa shape index (κ2) is 7.14. The average molecular weight is 343 g/mol. The summed E-state index contributed by atoms with van der Waals surface area (Å²) < 4.78 is 6.87. The monoisotopic (exact) mass is 342 g/mol. The van der Waals surface area contributed by atoms with Crippen LogP contribution in [0.2, 0.25) is 5.02 Å². The Balaban J connectivity index is 1.78. The van der Waals surface area contributed by atoms with E-state index in [2.05, 4.69) is 15.4 Å². The Morgan fingerprint density at radius 2 is 2.12 bits per heavy atom. The summed E-state index contributed by atoms with van der Waals surface area (Å²) in [5.74, 6) is 0.196. The van der Waals surface area contributed by atoms with E-state index in [1.165, 1.54) is 13.4 Å². The number of carbonyl (C=O) groups excluding carboxylic acids is 1. The third-order valence-corrected chi connectivity index (χ3v) is 3.74. The van der Waals surface area contributed by atoms with Crippen molar-refractivity contribution < 1.29 is 9.53 Å². The van der Waals surface area contributed by atoms with E-state index in [-0.39, 0.29) is 5.91 Å². The smallest absolute Gasteiger partial charge is 0.255 e. The van der Waals surface area contributed by atoms with Gasteiger partial charge in [0.1, 0.15) is 18.4 Å². The molecule has 0 fully saturated rings. The number of nitrogens with zero attached hydrogens (tertiary/aromatic N) is 3. The van der Waals surface area contributed by atoms with Crippen molar-refractivity contribution in [3.63, 3.8) is 0 Å². The Hall–Kier alpha value is -2.86. The van der Waals surface area contributed by atoms with Gasteiger partial charge >= 0.3 is 0 Å². The molecule has 0 atom stereocenters. The molecule has 0 radical (unpaired) electrons. The lowest BCUT2D eigenvalue weighted by molar-refractivity contribution is 0.0948. The highest BCUT2D eigenvalue weighted by Gasteiger charge is 2.13. The van der Waals surface area contributed by atoms with Gasteiger partial charge in [0.25, 0.3) is 5.91 Å². The lowest BCUT2D eigenvalue weighted by atomic mass is 10.1. The number of aromatic nitrogens is 3. The number of hydrogen-bond acceptors (Lipinski definition) is 4. The maximum absolute atomic E-state index is 12.4. The van der Waals surface area contributed by atoms with Crippen molar-refractivity contribution >= 4 is 17.5 Å². The van der Waals surface area contributed by atoms with Crippen LogP contribution in [0.1, 0.15) is 15.9 Å². The van der Waals surface area contributed by atoms with Gasteiger partial charge in [-0.05, 0) is 29.8 Å². The fourth-order valence-corrected chi connectivity index (χ4v) is 2.50. The Labute approximate surface area is 144 Å². The molecule has 0 aliphatic rings. The first-order chi connectivity index (χ1) is 11.7. The van der Waals surface area contributed by atoms with E-state index in [1.807, 2.05) is 24.3 Å². The lowest BCUT2D eigenvalue weighted by Crippen LogP contribution is -2.24. The molecule has 0 aliphatic carbocycles. The van der Waals surface area contributed by atoms with Crippen molar-refractivity contribution in [3.8, 4) is 11.4 Å². The average Bonchev–Trinajstić information content (AvgIpc) is 3.14. The predicted molar refractivity (Wildman–Crippen MR) is 90.5 cm³/mol. The second-order valence-electron chi connectivity index (χ2n) is 5.00. The number of hydrogen-bond donors (Lipinski definition) is 1. The van der Waals surface area contributed by atoms with Gasteiger partial charge in [0.15, 0.2) is 0 Å². The van der Waals surface area contributed by atoms with Crippen molar-refractivity contribution in [1.29, 1.82) is 0 Å². The maximum atomic E-state index is 12.4. The summed E-state index contributed by atoms with van der Waals surface area (Å²) in [5.41, 5.74) is 2.21. The number of para-hydroxylation sites is 1. The number of benzene rings is 2. The van der Waals surface area contributed by atoms with E-state index >= 15 is 0 Å². The molecule has 0 unspecified atom stereocenters. The molecule has 3 rings (SSSR count). The van der Waals surface area contributed by atoms with Gasteiger partial charge in [-0.3, -0.25) is 4.79 Å². The first-order valence-electron chi connectivity index (χ1n) is 7.23. The Morgan fingerprint density at radius 1 is 1.29 bits per heavy atom. The quantitative estimate of drug-likeness (QED) is 0.774. The molecule has 0 saturated heterocycles. The molecule has 0 aliphatic heterocycles. The lowest BCUT2D eigenvalue weighted by Gasteiger charge is -2.12.